The van der Waals surface area contributed by atoms with E-state index in [0.29, 0.717) is 11.3 Å². The second kappa shape index (κ2) is 7.74. The van der Waals surface area contributed by atoms with Crippen molar-refractivity contribution >= 4 is 39.9 Å². The maximum Gasteiger partial charge on any atom is 0.344 e. The van der Waals surface area contributed by atoms with Crippen molar-refractivity contribution in [2.45, 2.75) is 26.4 Å². The van der Waals surface area contributed by atoms with Gasteiger partial charge in [0.15, 0.2) is 6.61 Å². The number of carbonyl (C=O) groups excluding carboxylic acids is 3. The molecule has 2 bridgehead atoms. The zero-order valence-electron chi connectivity index (χ0n) is 16.1. The van der Waals surface area contributed by atoms with Gasteiger partial charge >= 0.3 is 5.97 Å². The number of imide groups is 1. The highest BCUT2D eigenvalue weighted by Gasteiger charge is 2.59. The van der Waals surface area contributed by atoms with Gasteiger partial charge < -0.3 is 9.47 Å². The van der Waals surface area contributed by atoms with Crippen LogP contribution in [0.4, 0.5) is 0 Å². The molecule has 2 aliphatic carbocycles. The Hall–Kier alpha value is -2.48. The molecule has 1 saturated heterocycles. The summed E-state index contributed by atoms with van der Waals surface area (Å²) in [4.78, 5) is 37.2. The Labute approximate surface area is 176 Å². The smallest absolute Gasteiger partial charge is 0.344 e. The fourth-order valence-corrected chi connectivity index (χ4v) is 4.68. The fourth-order valence-electron chi connectivity index (χ4n) is 4.31. The Balaban J connectivity index is 1.50. The second-order valence-corrected chi connectivity index (χ2v) is 8.66. The monoisotopic (exact) mass is 460 g/mol. The van der Waals surface area contributed by atoms with Gasteiger partial charge in [0.2, 0.25) is 0 Å². The van der Waals surface area contributed by atoms with Crippen LogP contribution in [-0.2, 0) is 19.1 Å². The third-order valence-electron chi connectivity index (χ3n) is 5.44. The molecule has 1 saturated carbocycles. The zero-order chi connectivity index (χ0) is 20.7. The molecule has 4 atom stereocenters. The minimum absolute atomic E-state index is 0.137. The molecule has 1 heterocycles. The second-order valence-electron chi connectivity index (χ2n) is 7.74. The first kappa shape index (κ1) is 19.8. The number of rotatable bonds is 6. The van der Waals surface area contributed by atoms with Crippen LogP contribution in [0.25, 0.3) is 0 Å². The van der Waals surface area contributed by atoms with E-state index in [1.165, 1.54) is 6.21 Å². The molecule has 7 nitrogen and oxygen atoms in total. The van der Waals surface area contributed by atoms with Crippen molar-refractivity contribution in [3.8, 4) is 5.75 Å². The van der Waals surface area contributed by atoms with E-state index in [-0.39, 0.29) is 48.2 Å². The molecular formula is C21H21BrN2O5. The molecule has 4 unspecified atom stereocenters. The number of nitrogens with zero attached hydrogens (tertiary/aromatic N) is 2. The number of halogens is 1. The molecular weight excluding hydrogens is 440 g/mol. The van der Waals surface area contributed by atoms with Crippen LogP contribution in [0.3, 0.4) is 0 Å². The molecule has 0 radical (unpaired) electrons. The molecule has 152 valence electrons. The normalized spacial score (nSPS) is 27.4. The standard InChI is InChI=1S/C21H21BrN2O5/c1-11(2)29-17(25)10-28-16-6-5-15(22)8-14(16)9-23-24-20(26)18-12-3-4-13(7-12)19(18)21(24)27/h3-6,8-9,11-13,18-19H,7,10H2,1-2H3. The van der Waals surface area contributed by atoms with Gasteiger partial charge in [-0.15, -0.1) is 0 Å². The lowest BCUT2D eigenvalue weighted by molar-refractivity contribution is -0.149. The lowest BCUT2D eigenvalue weighted by Gasteiger charge is -2.13. The number of benzene rings is 1. The Kier molecular flexibility index (Phi) is 5.29. The molecule has 0 aromatic heterocycles. The first-order valence-corrected chi connectivity index (χ1v) is 10.4. The number of ether oxygens (including phenoxy) is 2. The molecule has 1 aliphatic heterocycles. The van der Waals surface area contributed by atoms with Crippen LogP contribution in [-0.4, -0.2) is 41.7 Å². The van der Waals surface area contributed by atoms with Crippen molar-refractivity contribution in [3.63, 3.8) is 0 Å². The van der Waals surface area contributed by atoms with Crippen LogP contribution in [0, 0.1) is 23.7 Å². The van der Waals surface area contributed by atoms with Gasteiger partial charge in [-0.1, -0.05) is 28.1 Å². The summed E-state index contributed by atoms with van der Waals surface area (Å²) in [6, 6.07) is 5.19. The van der Waals surface area contributed by atoms with E-state index >= 15 is 0 Å². The van der Waals surface area contributed by atoms with Crippen molar-refractivity contribution in [2.24, 2.45) is 28.8 Å². The number of hydrazone groups is 1. The van der Waals surface area contributed by atoms with E-state index in [2.05, 4.69) is 21.0 Å². The molecule has 1 aromatic carbocycles. The summed E-state index contributed by atoms with van der Waals surface area (Å²) in [5.74, 6) is -0.878. The third-order valence-corrected chi connectivity index (χ3v) is 5.94. The van der Waals surface area contributed by atoms with Crippen molar-refractivity contribution < 1.29 is 23.9 Å². The maximum absolute atomic E-state index is 12.7. The van der Waals surface area contributed by atoms with E-state index < -0.39 is 5.97 Å². The van der Waals surface area contributed by atoms with E-state index in [4.69, 9.17) is 9.47 Å². The van der Waals surface area contributed by atoms with Crippen molar-refractivity contribution in [1.29, 1.82) is 0 Å². The molecule has 3 aliphatic rings. The number of hydrogen-bond donors (Lipinski definition) is 0. The van der Waals surface area contributed by atoms with Gasteiger partial charge in [-0.25, -0.2) is 4.79 Å². The molecule has 8 heteroatoms. The lowest BCUT2D eigenvalue weighted by atomic mass is 9.85. The van der Waals surface area contributed by atoms with Crippen LogP contribution < -0.4 is 4.74 Å². The molecule has 0 spiro atoms. The van der Waals surface area contributed by atoms with Crippen LogP contribution in [0.5, 0.6) is 5.75 Å². The first-order chi connectivity index (χ1) is 13.8. The number of fused-ring (bicyclic) bond motifs is 5. The summed E-state index contributed by atoms with van der Waals surface area (Å²) in [6.07, 6.45) is 6.15. The third kappa shape index (κ3) is 3.73. The summed E-state index contributed by atoms with van der Waals surface area (Å²) in [5.41, 5.74) is 0.537. The highest BCUT2D eigenvalue weighted by atomic mass is 79.9. The molecule has 2 amide bonds. The Morgan fingerprint density at radius 2 is 1.90 bits per heavy atom. The minimum atomic E-state index is -0.480. The van der Waals surface area contributed by atoms with Gasteiger partial charge in [0.1, 0.15) is 5.75 Å². The van der Waals surface area contributed by atoms with Gasteiger partial charge in [0.25, 0.3) is 11.8 Å². The van der Waals surface area contributed by atoms with E-state index in [1.54, 1.807) is 32.0 Å². The first-order valence-electron chi connectivity index (χ1n) is 9.57. The fraction of sp³-hybridized carbons (Fsp3) is 0.429. The van der Waals surface area contributed by atoms with E-state index in [0.717, 1.165) is 15.9 Å². The molecule has 0 N–H and O–H groups in total. The average molecular weight is 461 g/mol. The van der Waals surface area contributed by atoms with E-state index in [1.807, 2.05) is 12.2 Å². The number of carbonyl (C=O) groups is 3. The van der Waals surface area contributed by atoms with Gasteiger partial charge in [-0.2, -0.15) is 10.1 Å². The predicted octanol–water partition coefficient (Wildman–Crippen LogP) is 2.92. The summed E-state index contributed by atoms with van der Waals surface area (Å²) in [6.45, 7) is 3.27. The minimum Gasteiger partial charge on any atom is -0.481 e. The lowest BCUT2D eigenvalue weighted by Crippen LogP contribution is -2.28. The van der Waals surface area contributed by atoms with Crippen LogP contribution in [0.1, 0.15) is 25.8 Å². The van der Waals surface area contributed by atoms with Crippen molar-refractivity contribution in [2.75, 3.05) is 6.61 Å². The molecule has 2 fully saturated rings. The van der Waals surface area contributed by atoms with Crippen LogP contribution in [0.15, 0.2) is 39.9 Å². The summed E-state index contributed by atoms with van der Waals surface area (Å²) >= 11 is 3.39. The van der Waals surface area contributed by atoms with Gasteiger partial charge in [-0.3, -0.25) is 9.59 Å². The zero-order valence-corrected chi connectivity index (χ0v) is 17.7. The van der Waals surface area contributed by atoms with Crippen LogP contribution in [0.2, 0.25) is 0 Å². The summed E-state index contributed by atoms with van der Waals surface area (Å²) in [5, 5.41) is 5.16. The summed E-state index contributed by atoms with van der Waals surface area (Å²) < 4.78 is 11.4. The van der Waals surface area contributed by atoms with Gasteiger partial charge in [0.05, 0.1) is 24.2 Å². The SMILES string of the molecule is CC(C)OC(=O)COc1ccc(Br)cc1C=NN1C(=O)C2C3C=CC(C3)C2C1=O. The number of allylic oxidation sites excluding steroid dienone is 2. The largest absolute Gasteiger partial charge is 0.481 e. The number of esters is 1. The predicted molar refractivity (Wildman–Crippen MR) is 108 cm³/mol. The molecule has 4 rings (SSSR count). The van der Waals surface area contributed by atoms with Crippen LogP contribution >= 0.6 is 15.9 Å². The molecule has 29 heavy (non-hydrogen) atoms. The topological polar surface area (TPSA) is 85.3 Å². The average Bonchev–Trinajstić information content (AvgIpc) is 3.33. The Morgan fingerprint density at radius 3 is 2.52 bits per heavy atom. The maximum atomic E-state index is 12.7. The van der Waals surface area contributed by atoms with Crippen molar-refractivity contribution in [3.05, 3.63) is 40.4 Å². The van der Waals surface area contributed by atoms with Crippen molar-refractivity contribution in [1.82, 2.24) is 5.01 Å². The number of hydrogen-bond acceptors (Lipinski definition) is 6. The number of amides is 2. The summed E-state index contributed by atoms with van der Waals surface area (Å²) in [7, 11) is 0. The quantitative estimate of drug-likeness (QED) is 0.282. The molecule has 1 aromatic rings. The van der Waals surface area contributed by atoms with E-state index in [9.17, 15) is 14.4 Å². The van der Waals surface area contributed by atoms with Gasteiger partial charge in [-0.05, 0) is 50.3 Å². The Bertz CT molecular complexity index is 896. The highest BCUT2D eigenvalue weighted by Crippen LogP contribution is 2.52. The van der Waals surface area contributed by atoms with Gasteiger partial charge in [0, 0.05) is 10.0 Å². The Morgan fingerprint density at radius 1 is 1.24 bits per heavy atom. The highest BCUT2D eigenvalue weighted by molar-refractivity contribution is 9.10.